The molecule has 0 fully saturated rings. The molecule has 0 radical (unpaired) electrons. The Morgan fingerprint density at radius 2 is 0.734 bits per heavy atom. The Morgan fingerprint density at radius 3 is 1.17 bits per heavy atom. The summed E-state index contributed by atoms with van der Waals surface area (Å²) in [5, 5.41) is 0. The van der Waals surface area contributed by atoms with E-state index in [1.165, 1.54) is 51.4 Å². The van der Waals surface area contributed by atoms with E-state index in [1.54, 1.807) is 0 Å². The maximum atomic E-state index is 12.8. The zero-order chi connectivity index (χ0) is 46.3. The van der Waals surface area contributed by atoms with E-state index in [1.807, 2.05) is 6.08 Å². The second-order valence-electron chi connectivity index (χ2n) is 16.3. The van der Waals surface area contributed by atoms with E-state index in [-0.39, 0.29) is 25.2 Å². The van der Waals surface area contributed by atoms with Crippen molar-refractivity contribution < 1.29 is 23.8 Å². The van der Waals surface area contributed by atoms with E-state index >= 15 is 0 Å². The molecule has 0 aromatic carbocycles. The highest BCUT2D eigenvalue weighted by molar-refractivity contribution is 5.70. The number of rotatable bonds is 45. The second-order valence-corrected chi connectivity index (χ2v) is 16.3. The van der Waals surface area contributed by atoms with Gasteiger partial charge in [0.15, 0.2) is 6.10 Å². The number of allylic oxidation sites excluding steroid dienone is 22. The lowest BCUT2D eigenvalue weighted by Crippen LogP contribution is -2.30. The van der Waals surface area contributed by atoms with Crippen LogP contribution in [-0.4, -0.2) is 37.9 Å². The average Bonchev–Trinajstić information content (AvgIpc) is 3.30. The molecular weight excluding hydrogens is 789 g/mol. The molecular formula is C59H94O5. The number of unbranched alkanes of at least 4 members (excludes halogenated alkanes) is 12. The van der Waals surface area contributed by atoms with Crippen LogP contribution in [0.4, 0.5) is 0 Å². The molecule has 0 aromatic rings. The lowest BCUT2D eigenvalue weighted by atomic mass is 10.1. The number of esters is 2. The Bertz CT molecular complexity index is 1370. The van der Waals surface area contributed by atoms with Crippen molar-refractivity contribution in [3.05, 3.63) is 134 Å². The first-order valence-corrected chi connectivity index (χ1v) is 25.7. The highest BCUT2D eigenvalue weighted by atomic mass is 16.6. The van der Waals surface area contributed by atoms with Crippen LogP contribution >= 0.6 is 0 Å². The molecule has 0 amide bonds. The lowest BCUT2D eigenvalue weighted by molar-refractivity contribution is -0.162. The Balaban J connectivity index is 4.43. The molecule has 0 aliphatic rings. The Labute approximate surface area is 394 Å². The molecule has 1 atom stereocenters. The minimum atomic E-state index is -0.591. The van der Waals surface area contributed by atoms with Crippen LogP contribution in [0, 0.1) is 0 Å². The molecule has 0 aromatic heterocycles. The molecule has 0 aliphatic heterocycles. The summed E-state index contributed by atoms with van der Waals surface area (Å²) in [7, 11) is 0. The minimum Gasteiger partial charge on any atom is -0.462 e. The molecule has 1 unspecified atom stereocenters. The molecule has 0 rings (SSSR count). The lowest BCUT2D eigenvalue weighted by Gasteiger charge is -2.18. The number of carbonyl (C=O) groups excluding carboxylic acids is 2. The number of hydrogen-bond donors (Lipinski definition) is 0. The van der Waals surface area contributed by atoms with Gasteiger partial charge in [-0.15, -0.1) is 0 Å². The van der Waals surface area contributed by atoms with Gasteiger partial charge in [0, 0.05) is 19.4 Å². The molecule has 64 heavy (non-hydrogen) atoms. The van der Waals surface area contributed by atoms with Gasteiger partial charge in [-0.25, -0.2) is 0 Å². The standard InChI is InChI=1S/C59H94O5/c1-4-7-10-13-16-19-22-24-26-28-30-32-34-36-38-40-43-46-49-52-58(60)63-56-57(55-62-54-51-48-45-42-21-18-15-12-9-6-3)64-59(61)53-50-47-44-41-39-37-35-33-31-29-27-25-23-20-17-14-11-8-5-2/h7-8,10-11,16-17,19-20,24-27,30-33,36-39,43,46,57H,4-6,9,12-15,18,21-23,28-29,34-35,40-42,44-45,47-56H2,1-3H3/b10-7-,11-8-,19-16-,20-17-,26-24-,27-25-,32-30-,33-31-,38-36-,39-37-,46-43-. The molecule has 0 saturated heterocycles. The van der Waals surface area contributed by atoms with Crippen LogP contribution in [0.25, 0.3) is 0 Å². The van der Waals surface area contributed by atoms with Crippen molar-refractivity contribution in [2.45, 2.75) is 207 Å². The maximum absolute atomic E-state index is 12.8. The van der Waals surface area contributed by atoms with Gasteiger partial charge in [0.25, 0.3) is 0 Å². The second kappa shape index (κ2) is 53.4. The van der Waals surface area contributed by atoms with Gasteiger partial charge in [-0.1, -0.05) is 219 Å². The third kappa shape index (κ3) is 50.7. The van der Waals surface area contributed by atoms with Crippen molar-refractivity contribution in [1.82, 2.24) is 0 Å². The summed E-state index contributed by atoms with van der Waals surface area (Å²) in [6.07, 6.45) is 76.1. The summed E-state index contributed by atoms with van der Waals surface area (Å²) in [6.45, 7) is 7.46. The highest BCUT2D eigenvalue weighted by Crippen LogP contribution is 2.12. The molecule has 0 N–H and O–H groups in total. The fourth-order valence-electron chi connectivity index (χ4n) is 6.44. The molecule has 0 saturated carbocycles. The molecule has 0 aliphatic carbocycles. The van der Waals surface area contributed by atoms with Crippen LogP contribution in [0.15, 0.2) is 134 Å². The first-order chi connectivity index (χ1) is 31.6. The number of ether oxygens (including phenoxy) is 3. The largest absolute Gasteiger partial charge is 0.462 e. The van der Waals surface area contributed by atoms with E-state index in [0.29, 0.717) is 25.9 Å². The zero-order valence-corrected chi connectivity index (χ0v) is 41.2. The van der Waals surface area contributed by atoms with Gasteiger partial charge in [0.2, 0.25) is 0 Å². The van der Waals surface area contributed by atoms with Crippen molar-refractivity contribution in [3.63, 3.8) is 0 Å². The van der Waals surface area contributed by atoms with Crippen molar-refractivity contribution >= 4 is 11.9 Å². The third-order valence-electron chi connectivity index (χ3n) is 10.2. The fraction of sp³-hybridized carbons (Fsp3) is 0.593. The predicted octanol–water partition coefficient (Wildman–Crippen LogP) is 17.6. The molecule has 5 heteroatoms. The molecule has 0 spiro atoms. The Morgan fingerprint density at radius 1 is 0.359 bits per heavy atom. The van der Waals surface area contributed by atoms with Gasteiger partial charge < -0.3 is 14.2 Å². The third-order valence-corrected chi connectivity index (χ3v) is 10.2. The SMILES string of the molecule is CC/C=C\C/C=C\C/C=C\C/C=C\C/C=C\C/C=C\CCC(=O)OCC(COCCCCCCCCCCCC)OC(=O)CCCCC/C=C\C/C=C\C/C=C\C/C=C\C/C=C\CC. The van der Waals surface area contributed by atoms with Crippen molar-refractivity contribution in [1.29, 1.82) is 0 Å². The van der Waals surface area contributed by atoms with Gasteiger partial charge in [0.05, 0.1) is 6.61 Å². The summed E-state index contributed by atoms with van der Waals surface area (Å²) >= 11 is 0. The van der Waals surface area contributed by atoms with Crippen molar-refractivity contribution in [2.24, 2.45) is 0 Å². The van der Waals surface area contributed by atoms with Gasteiger partial charge >= 0.3 is 11.9 Å². The normalized spacial score (nSPS) is 13.4. The van der Waals surface area contributed by atoms with E-state index in [0.717, 1.165) is 109 Å². The quantitative estimate of drug-likeness (QED) is 0.0346. The molecule has 360 valence electrons. The van der Waals surface area contributed by atoms with E-state index < -0.39 is 6.10 Å². The summed E-state index contributed by atoms with van der Waals surface area (Å²) in [5.41, 5.74) is 0. The van der Waals surface area contributed by atoms with Gasteiger partial charge in [0.1, 0.15) is 6.61 Å². The van der Waals surface area contributed by atoms with E-state index in [2.05, 4.69) is 148 Å². The van der Waals surface area contributed by atoms with Crippen LogP contribution in [0.1, 0.15) is 201 Å². The molecule has 0 bridgehead atoms. The smallest absolute Gasteiger partial charge is 0.306 e. The number of hydrogen-bond acceptors (Lipinski definition) is 5. The first kappa shape index (κ1) is 60.0. The van der Waals surface area contributed by atoms with Crippen LogP contribution in [0.3, 0.4) is 0 Å². The van der Waals surface area contributed by atoms with Crippen LogP contribution in [-0.2, 0) is 23.8 Å². The van der Waals surface area contributed by atoms with E-state index in [4.69, 9.17) is 14.2 Å². The van der Waals surface area contributed by atoms with Crippen molar-refractivity contribution in [3.8, 4) is 0 Å². The highest BCUT2D eigenvalue weighted by Gasteiger charge is 2.17. The zero-order valence-electron chi connectivity index (χ0n) is 41.2. The summed E-state index contributed by atoms with van der Waals surface area (Å²) in [6, 6.07) is 0. The Hall–Kier alpha value is -3.96. The van der Waals surface area contributed by atoms with Crippen LogP contribution in [0.2, 0.25) is 0 Å². The predicted molar refractivity (Wildman–Crippen MR) is 278 cm³/mol. The number of carbonyl (C=O) groups is 2. The average molecular weight is 883 g/mol. The fourth-order valence-corrected chi connectivity index (χ4v) is 6.44. The van der Waals surface area contributed by atoms with Crippen LogP contribution in [0.5, 0.6) is 0 Å². The summed E-state index contributed by atoms with van der Waals surface area (Å²) < 4.78 is 17.3. The maximum Gasteiger partial charge on any atom is 0.306 e. The first-order valence-electron chi connectivity index (χ1n) is 25.7. The monoisotopic (exact) mass is 883 g/mol. The molecule has 5 nitrogen and oxygen atoms in total. The summed E-state index contributed by atoms with van der Waals surface area (Å²) in [5.74, 6) is -0.540. The summed E-state index contributed by atoms with van der Waals surface area (Å²) in [4.78, 5) is 25.4. The van der Waals surface area contributed by atoms with E-state index in [9.17, 15) is 9.59 Å². The molecule has 0 heterocycles. The minimum absolute atomic E-state index is 0.0242. The van der Waals surface area contributed by atoms with Gasteiger partial charge in [-0.2, -0.15) is 0 Å². The van der Waals surface area contributed by atoms with Crippen molar-refractivity contribution in [2.75, 3.05) is 19.8 Å². The van der Waals surface area contributed by atoms with Crippen LogP contribution < -0.4 is 0 Å². The topological polar surface area (TPSA) is 61.8 Å². The van der Waals surface area contributed by atoms with Gasteiger partial charge in [-0.05, 0) is 103 Å². The Kier molecular flexibility index (Phi) is 50.1. The van der Waals surface area contributed by atoms with Gasteiger partial charge in [-0.3, -0.25) is 9.59 Å².